The molecular formula is C32H51N4O6+. The van der Waals surface area contributed by atoms with Gasteiger partial charge in [-0.05, 0) is 37.0 Å². The number of amides is 2. The molecule has 1 aromatic rings. The highest BCUT2D eigenvalue weighted by molar-refractivity contribution is 5.84. The maximum absolute atomic E-state index is 13.8. The number of hydrogen-bond donors (Lipinski definition) is 1. The van der Waals surface area contributed by atoms with Crippen LogP contribution in [0.25, 0.3) is 0 Å². The van der Waals surface area contributed by atoms with Gasteiger partial charge in [0.25, 0.3) is 0 Å². The van der Waals surface area contributed by atoms with Crippen LogP contribution in [-0.4, -0.2) is 122 Å². The predicted octanol–water partition coefficient (Wildman–Crippen LogP) is 3.26. The van der Waals surface area contributed by atoms with Gasteiger partial charge < -0.3 is 28.9 Å². The fourth-order valence-electron chi connectivity index (χ4n) is 6.61. The first kappa shape index (κ1) is 32.1. The lowest BCUT2D eigenvalue weighted by Gasteiger charge is -2.31. The average molecular weight is 588 g/mol. The highest BCUT2D eigenvalue weighted by atomic mass is 16.7. The lowest BCUT2D eigenvalue weighted by atomic mass is 9.84. The Morgan fingerprint density at radius 2 is 1.83 bits per heavy atom. The van der Waals surface area contributed by atoms with Crippen LogP contribution in [0.1, 0.15) is 64.4 Å². The molecule has 234 valence electrons. The molecular weight excluding hydrogens is 536 g/mol. The van der Waals surface area contributed by atoms with Crippen LogP contribution in [0.5, 0.6) is 11.5 Å². The summed E-state index contributed by atoms with van der Waals surface area (Å²) in [6.45, 7) is 10.4. The van der Waals surface area contributed by atoms with Gasteiger partial charge in [0, 0.05) is 56.5 Å². The molecule has 4 rings (SSSR count). The van der Waals surface area contributed by atoms with Crippen molar-refractivity contribution in [3.8, 4) is 11.5 Å². The van der Waals surface area contributed by atoms with Crippen molar-refractivity contribution < 1.29 is 33.4 Å². The number of nitrogens with zero attached hydrogens (tertiary/aromatic N) is 4. The van der Waals surface area contributed by atoms with E-state index in [0.29, 0.717) is 50.6 Å². The fourth-order valence-corrected chi connectivity index (χ4v) is 6.61. The molecule has 0 bridgehead atoms. The van der Waals surface area contributed by atoms with Crippen LogP contribution in [0.3, 0.4) is 0 Å². The number of fused-ring (bicyclic) bond motifs is 1. The van der Waals surface area contributed by atoms with E-state index in [0.717, 1.165) is 42.3 Å². The third-order valence-corrected chi connectivity index (χ3v) is 9.16. The Kier molecular flexibility index (Phi) is 10.1. The van der Waals surface area contributed by atoms with Crippen molar-refractivity contribution >= 4 is 17.8 Å². The van der Waals surface area contributed by atoms with Gasteiger partial charge in [0.2, 0.25) is 18.6 Å². The predicted molar refractivity (Wildman–Crippen MR) is 160 cm³/mol. The molecule has 10 heteroatoms. The van der Waals surface area contributed by atoms with Crippen molar-refractivity contribution in [1.29, 1.82) is 0 Å². The smallest absolute Gasteiger partial charge is 0.308 e. The summed E-state index contributed by atoms with van der Waals surface area (Å²) in [6.07, 6.45) is 4.14. The third kappa shape index (κ3) is 7.56. The number of carboxylic acids is 1. The maximum Gasteiger partial charge on any atom is 0.308 e. The molecule has 3 aliphatic rings. The van der Waals surface area contributed by atoms with Gasteiger partial charge in [0.05, 0.1) is 40.2 Å². The lowest BCUT2D eigenvalue weighted by Crippen LogP contribution is -2.46. The lowest BCUT2D eigenvalue weighted by molar-refractivity contribution is -0.870. The highest BCUT2D eigenvalue weighted by Crippen LogP contribution is 2.43. The number of quaternary nitrogens is 1. The summed E-state index contributed by atoms with van der Waals surface area (Å²) < 4.78 is 11.9. The molecule has 2 fully saturated rings. The zero-order chi connectivity index (χ0) is 30.7. The van der Waals surface area contributed by atoms with Crippen LogP contribution in [0.2, 0.25) is 0 Å². The molecule has 1 N–H and O–H groups in total. The molecule has 0 radical (unpaired) electrons. The topological polar surface area (TPSA) is 99.6 Å². The van der Waals surface area contributed by atoms with Gasteiger partial charge in [-0.25, -0.2) is 0 Å². The molecule has 0 saturated carbocycles. The van der Waals surface area contributed by atoms with Crippen LogP contribution in [0, 0.1) is 11.3 Å². The monoisotopic (exact) mass is 587 g/mol. The second kappa shape index (κ2) is 13.2. The number of carbonyl (C=O) groups is 3. The first-order valence-corrected chi connectivity index (χ1v) is 15.5. The van der Waals surface area contributed by atoms with Crippen LogP contribution in [0.15, 0.2) is 18.2 Å². The van der Waals surface area contributed by atoms with E-state index in [1.54, 1.807) is 0 Å². The Morgan fingerprint density at radius 3 is 2.48 bits per heavy atom. The van der Waals surface area contributed by atoms with Crippen molar-refractivity contribution in [2.75, 3.05) is 73.7 Å². The van der Waals surface area contributed by atoms with Crippen LogP contribution in [0.4, 0.5) is 0 Å². The van der Waals surface area contributed by atoms with Crippen LogP contribution >= 0.6 is 0 Å². The van der Waals surface area contributed by atoms with E-state index >= 15 is 0 Å². The molecule has 0 aromatic heterocycles. The van der Waals surface area contributed by atoms with E-state index in [9.17, 15) is 19.5 Å². The number of hydrogen-bond acceptors (Lipinski definition) is 6. The van der Waals surface area contributed by atoms with Gasteiger partial charge in [0.1, 0.15) is 0 Å². The Balaban J connectivity index is 1.56. The minimum atomic E-state index is -0.878. The van der Waals surface area contributed by atoms with Crippen LogP contribution in [-0.2, 0) is 14.4 Å². The number of unbranched alkanes of at least 4 members (excludes halogenated alkanes) is 1. The Hall–Kier alpha value is -2.85. The summed E-state index contributed by atoms with van der Waals surface area (Å²) in [4.78, 5) is 45.6. The number of aliphatic carboxylic acids is 1. The molecule has 2 saturated heterocycles. The standard InChI is InChI=1S/C32H50N4O6/c1-7-8-14-33(15-9-18-36(4,5)6)28(37)21-35-20-24(23-10-11-26-27(19-23)42-22-41-26)29(30(38)39)25(35)12-16-34-17-13-32(2,3)31(34)40/h10-11,19,24-25,29H,7-9,12-18,20-22H2,1-6H3/p+1/t24-,25+,29-/m1/s1. The van der Waals surface area contributed by atoms with E-state index in [4.69, 9.17) is 9.47 Å². The fraction of sp³-hybridized carbons (Fsp3) is 0.719. The molecule has 3 atom stereocenters. The number of ether oxygens (including phenoxy) is 2. The van der Waals surface area contributed by atoms with Gasteiger partial charge in [-0.1, -0.05) is 33.3 Å². The molecule has 3 aliphatic heterocycles. The van der Waals surface area contributed by atoms with Gasteiger partial charge in [-0.3, -0.25) is 19.3 Å². The summed E-state index contributed by atoms with van der Waals surface area (Å²) >= 11 is 0. The summed E-state index contributed by atoms with van der Waals surface area (Å²) in [5, 5.41) is 10.5. The zero-order valence-electron chi connectivity index (χ0n) is 26.4. The van der Waals surface area contributed by atoms with E-state index in [1.165, 1.54) is 0 Å². The normalized spacial score (nSPS) is 23.5. The number of benzene rings is 1. The SMILES string of the molecule is CCCCN(CCC[N+](C)(C)C)C(=O)CN1C[C@H](c2ccc3c(c2)OCO3)[C@@H](C(=O)O)[C@@H]1CCN1CCC(C)(C)C1=O. The van der Waals surface area contributed by atoms with Gasteiger partial charge in [-0.2, -0.15) is 0 Å². The average Bonchev–Trinajstić information content (AvgIpc) is 3.60. The van der Waals surface area contributed by atoms with Crippen molar-refractivity contribution in [3.05, 3.63) is 23.8 Å². The molecule has 0 spiro atoms. The third-order valence-electron chi connectivity index (χ3n) is 9.16. The minimum Gasteiger partial charge on any atom is -0.481 e. The summed E-state index contributed by atoms with van der Waals surface area (Å²) in [7, 11) is 6.46. The largest absolute Gasteiger partial charge is 0.481 e. The Bertz CT molecular complexity index is 1130. The van der Waals surface area contributed by atoms with E-state index in [1.807, 2.05) is 41.8 Å². The first-order valence-electron chi connectivity index (χ1n) is 15.5. The van der Waals surface area contributed by atoms with Gasteiger partial charge in [-0.15, -0.1) is 0 Å². The molecule has 2 amide bonds. The molecule has 3 heterocycles. The number of likely N-dealkylation sites (tertiary alicyclic amines) is 2. The highest BCUT2D eigenvalue weighted by Gasteiger charge is 2.48. The molecule has 1 aromatic carbocycles. The molecule has 42 heavy (non-hydrogen) atoms. The Labute approximate surface area is 251 Å². The quantitative estimate of drug-likeness (QED) is 0.334. The first-order chi connectivity index (χ1) is 19.8. The molecule has 0 unspecified atom stereocenters. The number of rotatable bonds is 14. The van der Waals surface area contributed by atoms with Crippen molar-refractivity contribution in [1.82, 2.24) is 14.7 Å². The second-order valence-corrected chi connectivity index (χ2v) is 13.9. The van der Waals surface area contributed by atoms with E-state index in [2.05, 4.69) is 33.0 Å². The minimum absolute atomic E-state index is 0.0451. The van der Waals surface area contributed by atoms with Crippen molar-refractivity contribution in [3.63, 3.8) is 0 Å². The summed E-state index contributed by atoms with van der Waals surface area (Å²) in [5.41, 5.74) is 0.480. The summed E-state index contributed by atoms with van der Waals surface area (Å²) in [5.74, 6) is -0.474. The number of carboxylic acid groups (broad SMARTS) is 1. The van der Waals surface area contributed by atoms with Gasteiger partial charge in [0.15, 0.2) is 11.5 Å². The Morgan fingerprint density at radius 1 is 1.12 bits per heavy atom. The van der Waals surface area contributed by atoms with E-state index in [-0.39, 0.29) is 37.1 Å². The summed E-state index contributed by atoms with van der Waals surface area (Å²) in [6, 6.07) is 5.26. The van der Waals surface area contributed by atoms with Crippen LogP contribution < -0.4 is 9.47 Å². The van der Waals surface area contributed by atoms with E-state index < -0.39 is 17.3 Å². The second-order valence-electron chi connectivity index (χ2n) is 13.9. The van der Waals surface area contributed by atoms with Gasteiger partial charge >= 0.3 is 5.97 Å². The van der Waals surface area contributed by atoms with Crippen molar-refractivity contribution in [2.24, 2.45) is 11.3 Å². The zero-order valence-corrected chi connectivity index (χ0v) is 26.4. The molecule has 0 aliphatic carbocycles. The number of carbonyl (C=O) groups excluding carboxylic acids is 2. The maximum atomic E-state index is 13.8. The molecule has 10 nitrogen and oxygen atoms in total. The van der Waals surface area contributed by atoms with Crippen molar-refractivity contribution in [2.45, 2.75) is 64.8 Å².